The summed E-state index contributed by atoms with van der Waals surface area (Å²) in [7, 11) is 0. The first kappa shape index (κ1) is 17.1. The summed E-state index contributed by atoms with van der Waals surface area (Å²) in [6, 6.07) is 7.81. The predicted octanol–water partition coefficient (Wildman–Crippen LogP) is 3.43. The van der Waals surface area contributed by atoms with Gasteiger partial charge in [0, 0.05) is 43.0 Å². The van der Waals surface area contributed by atoms with Crippen molar-refractivity contribution in [1.82, 2.24) is 19.9 Å². The molecule has 0 atom stereocenters. The van der Waals surface area contributed by atoms with Crippen LogP contribution in [0.25, 0.3) is 10.9 Å². The molecule has 1 N–H and O–H groups in total. The Morgan fingerprint density at radius 1 is 1.28 bits per heavy atom. The first-order valence-corrected chi connectivity index (χ1v) is 8.75. The van der Waals surface area contributed by atoms with Crippen LogP contribution in [0.15, 0.2) is 36.7 Å². The third-order valence-electron chi connectivity index (χ3n) is 4.39. The summed E-state index contributed by atoms with van der Waals surface area (Å²) in [4.78, 5) is 21.5. The standard InChI is InChI=1S/C20H24N4O/c1-4-18-21-10-12-24(18)11-6-9-22-20(25)17-13-15(3)23-19-14(2)7-5-8-16(17)19/h5,7-8,10,12-13H,4,6,9,11H2,1-3H3,(H,22,25). The minimum absolute atomic E-state index is 0.0394. The van der Waals surface area contributed by atoms with Crippen molar-refractivity contribution >= 4 is 16.8 Å². The highest BCUT2D eigenvalue weighted by atomic mass is 16.1. The Balaban J connectivity index is 1.67. The number of amides is 1. The molecule has 1 amide bonds. The zero-order valence-electron chi connectivity index (χ0n) is 15.0. The van der Waals surface area contributed by atoms with Gasteiger partial charge in [-0.15, -0.1) is 0 Å². The van der Waals surface area contributed by atoms with Gasteiger partial charge >= 0.3 is 0 Å². The number of carbonyl (C=O) groups is 1. The molecule has 130 valence electrons. The minimum atomic E-state index is -0.0394. The number of aryl methyl sites for hydroxylation is 4. The Labute approximate surface area is 148 Å². The monoisotopic (exact) mass is 336 g/mol. The van der Waals surface area contributed by atoms with E-state index in [9.17, 15) is 4.79 Å². The van der Waals surface area contributed by atoms with Gasteiger partial charge in [-0.25, -0.2) is 4.98 Å². The number of aromatic nitrogens is 3. The summed E-state index contributed by atoms with van der Waals surface area (Å²) in [5, 5.41) is 3.95. The van der Waals surface area contributed by atoms with E-state index in [1.807, 2.05) is 50.5 Å². The second kappa shape index (κ2) is 7.47. The molecule has 0 bridgehead atoms. The van der Waals surface area contributed by atoms with Crippen LogP contribution in [0.4, 0.5) is 0 Å². The first-order chi connectivity index (χ1) is 12.1. The smallest absolute Gasteiger partial charge is 0.252 e. The number of para-hydroxylation sites is 1. The molecule has 1 aromatic carbocycles. The zero-order valence-corrected chi connectivity index (χ0v) is 15.0. The number of hydrogen-bond donors (Lipinski definition) is 1. The van der Waals surface area contributed by atoms with Gasteiger partial charge in [0.15, 0.2) is 0 Å². The summed E-state index contributed by atoms with van der Waals surface area (Å²) in [6.07, 6.45) is 5.60. The minimum Gasteiger partial charge on any atom is -0.352 e. The molecule has 2 heterocycles. The number of imidazole rings is 1. The maximum absolute atomic E-state index is 12.6. The lowest BCUT2D eigenvalue weighted by molar-refractivity contribution is 0.0954. The highest BCUT2D eigenvalue weighted by Gasteiger charge is 2.12. The first-order valence-electron chi connectivity index (χ1n) is 8.75. The van der Waals surface area contributed by atoms with Crippen LogP contribution in [0.2, 0.25) is 0 Å². The zero-order chi connectivity index (χ0) is 17.8. The van der Waals surface area contributed by atoms with E-state index in [1.54, 1.807) is 0 Å². The second-order valence-corrected chi connectivity index (χ2v) is 6.28. The lowest BCUT2D eigenvalue weighted by Crippen LogP contribution is -2.26. The van der Waals surface area contributed by atoms with Crippen molar-refractivity contribution in [3.05, 3.63) is 59.3 Å². The molecular weight excluding hydrogens is 312 g/mol. The SMILES string of the molecule is CCc1nccn1CCCNC(=O)c1cc(C)nc2c(C)cccc12. The van der Waals surface area contributed by atoms with Crippen LogP contribution in [0.3, 0.4) is 0 Å². The number of pyridine rings is 1. The number of nitrogens with one attached hydrogen (secondary N) is 1. The molecule has 0 aliphatic heterocycles. The van der Waals surface area contributed by atoms with Crippen molar-refractivity contribution in [1.29, 1.82) is 0 Å². The quantitative estimate of drug-likeness (QED) is 0.702. The summed E-state index contributed by atoms with van der Waals surface area (Å²) in [5.41, 5.74) is 3.54. The largest absolute Gasteiger partial charge is 0.352 e. The Bertz CT molecular complexity index is 898. The fraction of sp³-hybridized carbons (Fsp3) is 0.350. The maximum atomic E-state index is 12.6. The van der Waals surface area contributed by atoms with E-state index < -0.39 is 0 Å². The number of nitrogens with zero attached hydrogens (tertiary/aromatic N) is 3. The Morgan fingerprint density at radius 2 is 2.12 bits per heavy atom. The van der Waals surface area contributed by atoms with Crippen molar-refractivity contribution in [2.75, 3.05) is 6.54 Å². The Hall–Kier alpha value is -2.69. The average molecular weight is 336 g/mol. The molecule has 0 spiro atoms. The van der Waals surface area contributed by atoms with Crippen molar-refractivity contribution in [2.45, 2.75) is 40.2 Å². The van der Waals surface area contributed by atoms with E-state index in [2.05, 4.69) is 26.8 Å². The second-order valence-electron chi connectivity index (χ2n) is 6.28. The van der Waals surface area contributed by atoms with Gasteiger partial charge < -0.3 is 9.88 Å². The van der Waals surface area contributed by atoms with Crippen LogP contribution < -0.4 is 5.32 Å². The van der Waals surface area contributed by atoms with Crippen molar-refractivity contribution in [3.63, 3.8) is 0 Å². The molecule has 0 fully saturated rings. The van der Waals surface area contributed by atoms with Crippen LogP contribution in [0.5, 0.6) is 0 Å². The van der Waals surface area contributed by atoms with Gasteiger partial charge in [-0.1, -0.05) is 25.1 Å². The van der Waals surface area contributed by atoms with Gasteiger partial charge in [-0.2, -0.15) is 0 Å². The number of fused-ring (bicyclic) bond motifs is 1. The van der Waals surface area contributed by atoms with E-state index in [0.29, 0.717) is 12.1 Å². The summed E-state index contributed by atoms with van der Waals surface area (Å²) in [6.45, 7) is 7.54. The summed E-state index contributed by atoms with van der Waals surface area (Å²) < 4.78 is 2.14. The van der Waals surface area contributed by atoms with E-state index in [0.717, 1.165) is 47.4 Å². The van der Waals surface area contributed by atoms with Crippen LogP contribution in [0, 0.1) is 13.8 Å². The van der Waals surface area contributed by atoms with E-state index >= 15 is 0 Å². The topological polar surface area (TPSA) is 59.8 Å². The predicted molar refractivity (Wildman–Crippen MR) is 99.8 cm³/mol. The van der Waals surface area contributed by atoms with E-state index in [4.69, 9.17) is 0 Å². The summed E-state index contributed by atoms with van der Waals surface area (Å²) >= 11 is 0. The van der Waals surface area contributed by atoms with Crippen molar-refractivity contribution in [3.8, 4) is 0 Å². The fourth-order valence-electron chi connectivity index (χ4n) is 3.11. The van der Waals surface area contributed by atoms with Crippen molar-refractivity contribution < 1.29 is 4.79 Å². The maximum Gasteiger partial charge on any atom is 0.252 e. The van der Waals surface area contributed by atoms with Gasteiger partial charge in [0.05, 0.1) is 11.1 Å². The molecule has 0 aliphatic carbocycles. The van der Waals surface area contributed by atoms with Crippen molar-refractivity contribution in [2.24, 2.45) is 0 Å². The van der Waals surface area contributed by atoms with Crippen LogP contribution in [0.1, 0.15) is 40.8 Å². The molecule has 0 saturated heterocycles. The molecule has 5 heteroatoms. The van der Waals surface area contributed by atoms with Crippen LogP contribution in [-0.4, -0.2) is 27.0 Å². The number of rotatable bonds is 6. The van der Waals surface area contributed by atoms with Gasteiger partial charge in [-0.05, 0) is 31.9 Å². The Morgan fingerprint density at radius 3 is 2.92 bits per heavy atom. The van der Waals surface area contributed by atoms with E-state index in [-0.39, 0.29) is 5.91 Å². The summed E-state index contributed by atoms with van der Waals surface area (Å²) in [5.74, 6) is 1.04. The molecule has 3 aromatic rings. The lowest BCUT2D eigenvalue weighted by atomic mass is 10.0. The van der Waals surface area contributed by atoms with E-state index in [1.165, 1.54) is 0 Å². The third kappa shape index (κ3) is 3.71. The highest BCUT2D eigenvalue weighted by molar-refractivity contribution is 6.06. The molecular formula is C20H24N4O. The molecule has 5 nitrogen and oxygen atoms in total. The molecule has 0 saturated carbocycles. The van der Waals surface area contributed by atoms with Gasteiger partial charge in [-0.3, -0.25) is 9.78 Å². The highest BCUT2D eigenvalue weighted by Crippen LogP contribution is 2.21. The van der Waals surface area contributed by atoms with Crippen LogP contribution >= 0.6 is 0 Å². The number of benzene rings is 1. The average Bonchev–Trinajstić information content (AvgIpc) is 3.06. The molecule has 0 unspecified atom stereocenters. The third-order valence-corrected chi connectivity index (χ3v) is 4.39. The van der Waals surface area contributed by atoms with Gasteiger partial charge in [0.2, 0.25) is 0 Å². The normalized spacial score (nSPS) is 11.0. The molecule has 3 rings (SSSR count). The molecule has 25 heavy (non-hydrogen) atoms. The van der Waals surface area contributed by atoms with Gasteiger partial charge in [0.1, 0.15) is 5.82 Å². The molecule has 0 aliphatic rings. The van der Waals surface area contributed by atoms with Crippen LogP contribution in [-0.2, 0) is 13.0 Å². The Kier molecular flexibility index (Phi) is 5.12. The number of hydrogen-bond acceptors (Lipinski definition) is 3. The van der Waals surface area contributed by atoms with Gasteiger partial charge in [0.25, 0.3) is 5.91 Å². The fourth-order valence-corrected chi connectivity index (χ4v) is 3.11. The lowest BCUT2D eigenvalue weighted by Gasteiger charge is -2.11. The number of carbonyl (C=O) groups excluding carboxylic acids is 1. The molecule has 0 radical (unpaired) electrons. The molecule has 2 aromatic heterocycles.